The zero-order valence-electron chi connectivity index (χ0n) is 12.1. The van der Waals surface area contributed by atoms with Crippen LogP contribution in [-0.4, -0.2) is 4.57 Å². The molecule has 0 spiro atoms. The lowest BCUT2D eigenvalue weighted by Crippen LogP contribution is -1.97. The van der Waals surface area contributed by atoms with Gasteiger partial charge in [-0.05, 0) is 43.0 Å². The molecule has 1 saturated carbocycles. The molecule has 4 rings (SSSR count). The topological polar surface area (TPSA) is 28.7 Å². The van der Waals surface area contributed by atoms with Crippen molar-refractivity contribution in [2.45, 2.75) is 19.4 Å². The van der Waals surface area contributed by atoms with Gasteiger partial charge in [0.05, 0.1) is 11.6 Å². The van der Waals surface area contributed by atoms with Crippen molar-refractivity contribution in [3.05, 3.63) is 58.7 Å². The first-order valence-corrected chi connectivity index (χ1v) is 8.33. The highest BCUT2D eigenvalue weighted by molar-refractivity contribution is 9.10. The summed E-state index contributed by atoms with van der Waals surface area (Å²) in [5.41, 5.74) is 4.14. The van der Waals surface area contributed by atoms with Gasteiger partial charge in [0.15, 0.2) is 0 Å². The van der Waals surface area contributed by atoms with E-state index < -0.39 is 0 Å². The molecule has 2 aromatic carbocycles. The predicted octanol–water partition coefficient (Wildman–Crippen LogP) is 5.35. The van der Waals surface area contributed by atoms with E-state index in [0.29, 0.717) is 0 Å². The largest absolute Gasteiger partial charge is 0.347 e. The third-order valence-electron chi connectivity index (χ3n) is 4.33. The Morgan fingerprint density at radius 1 is 1.14 bits per heavy atom. The summed E-state index contributed by atoms with van der Waals surface area (Å²) in [6, 6.07) is 16.6. The molecule has 0 N–H and O–H groups in total. The number of halogens is 1. The fourth-order valence-corrected chi connectivity index (χ4v) is 3.39. The van der Waals surface area contributed by atoms with Crippen LogP contribution in [0.25, 0.3) is 22.0 Å². The maximum absolute atomic E-state index is 9.40. The molecule has 1 fully saturated rings. The second kappa shape index (κ2) is 5.30. The predicted molar refractivity (Wildman–Crippen MR) is 92.5 cm³/mol. The van der Waals surface area contributed by atoms with E-state index in [1.54, 1.807) is 0 Å². The second-order valence-corrected chi connectivity index (χ2v) is 6.87. The quantitative estimate of drug-likeness (QED) is 0.625. The summed E-state index contributed by atoms with van der Waals surface area (Å²) in [7, 11) is 0. The molecule has 1 aliphatic carbocycles. The van der Waals surface area contributed by atoms with Gasteiger partial charge >= 0.3 is 0 Å². The van der Waals surface area contributed by atoms with E-state index in [1.165, 1.54) is 23.7 Å². The molecule has 22 heavy (non-hydrogen) atoms. The zero-order chi connectivity index (χ0) is 15.1. The molecule has 108 valence electrons. The van der Waals surface area contributed by atoms with Gasteiger partial charge in [0.1, 0.15) is 0 Å². The highest BCUT2D eigenvalue weighted by atomic mass is 79.9. The van der Waals surface area contributed by atoms with Crippen molar-refractivity contribution in [1.29, 1.82) is 5.26 Å². The summed E-state index contributed by atoms with van der Waals surface area (Å²) >= 11 is 3.57. The summed E-state index contributed by atoms with van der Waals surface area (Å²) in [5, 5.41) is 10.6. The molecular weight excluding hydrogens is 336 g/mol. The van der Waals surface area contributed by atoms with Gasteiger partial charge in [-0.25, -0.2) is 0 Å². The molecule has 3 aromatic rings. The van der Waals surface area contributed by atoms with E-state index in [2.05, 4.69) is 51.0 Å². The SMILES string of the molecule is N#Cc1ccccc1-c1cn(CC2CC2)c2ccc(Br)cc12. The van der Waals surface area contributed by atoms with Crippen molar-refractivity contribution in [2.24, 2.45) is 5.92 Å². The number of nitrogens with zero attached hydrogens (tertiary/aromatic N) is 2. The van der Waals surface area contributed by atoms with Crippen molar-refractivity contribution >= 4 is 26.8 Å². The van der Waals surface area contributed by atoms with Crippen molar-refractivity contribution in [3.63, 3.8) is 0 Å². The summed E-state index contributed by atoms with van der Waals surface area (Å²) in [6.07, 6.45) is 4.88. The molecule has 0 saturated heterocycles. The maximum Gasteiger partial charge on any atom is 0.0998 e. The number of hydrogen-bond acceptors (Lipinski definition) is 1. The molecule has 0 aliphatic heterocycles. The van der Waals surface area contributed by atoms with Crippen molar-refractivity contribution in [1.82, 2.24) is 4.57 Å². The number of fused-ring (bicyclic) bond motifs is 1. The molecule has 2 nitrogen and oxygen atoms in total. The van der Waals surface area contributed by atoms with Crippen molar-refractivity contribution in [2.75, 3.05) is 0 Å². The van der Waals surface area contributed by atoms with Gasteiger partial charge in [-0.2, -0.15) is 5.26 Å². The monoisotopic (exact) mass is 350 g/mol. The van der Waals surface area contributed by atoms with Gasteiger partial charge in [-0.3, -0.25) is 0 Å². The Hall–Kier alpha value is -2.05. The van der Waals surface area contributed by atoms with Crippen LogP contribution in [0.1, 0.15) is 18.4 Å². The van der Waals surface area contributed by atoms with Gasteiger partial charge in [-0.1, -0.05) is 34.1 Å². The summed E-state index contributed by atoms with van der Waals surface area (Å²) < 4.78 is 3.42. The van der Waals surface area contributed by atoms with Gasteiger partial charge in [0, 0.05) is 39.2 Å². The summed E-state index contributed by atoms with van der Waals surface area (Å²) in [6.45, 7) is 1.08. The number of nitriles is 1. The van der Waals surface area contributed by atoms with Crippen LogP contribution in [0.5, 0.6) is 0 Å². The van der Waals surface area contributed by atoms with Crippen LogP contribution in [0, 0.1) is 17.2 Å². The number of benzene rings is 2. The summed E-state index contributed by atoms with van der Waals surface area (Å²) in [4.78, 5) is 0. The fraction of sp³-hybridized carbons (Fsp3) is 0.211. The van der Waals surface area contributed by atoms with E-state index in [9.17, 15) is 5.26 Å². The first-order valence-electron chi connectivity index (χ1n) is 7.54. The molecule has 1 heterocycles. The number of hydrogen-bond donors (Lipinski definition) is 0. The average Bonchev–Trinajstić information content (AvgIpc) is 3.29. The zero-order valence-corrected chi connectivity index (χ0v) is 13.7. The van der Waals surface area contributed by atoms with Crippen LogP contribution in [-0.2, 0) is 6.54 Å². The normalized spacial score (nSPS) is 14.2. The lowest BCUT2D eigenvalue weighted by molar-refractivity contribution is 0.648. The van der Waals surface area contributed by atoms with E-state index in [1.807, 2.05) is 24.3 Å². The first kappa shape index (κ1) is 13.6. The minimum Gasteiger partial charge on any atom is -0.347 e. The molecule has 3 heteroatoms. The smallest absolute Gasteiger partial charge is 0.0998 e. The molecule has 0 bridgehead atoms. The van der Waals surface area contributed by atoms with Crippen LogP contribution in [0.2, 0.25) is 0 Å². The fourth-order valence-electron chi connectivity index (χ4n) is 3.03. The minimum atomic E-state index is 0.730. The Morgan fingerprint density at radius 2 is 1.95 bits per heavy atom. The van der Waals surface area contributed by atoms with Crippen LogP contribution in [0.4, 0.5) is 0 Å². The number of aromatic nitrogens is 1. The second-order valence-electron chi connectivity index (χ2n) is 5.96. The molecule has 0 atom stereocenters. The van der Waals surface area contributed by atoms with E-state index in [0.717, 1.165) is 33.6 Å². The van der Waals surface area contributed by atoms with Gasteiger partial charge in [0.25, 0.3) is 0 Å². The Labute approximate surface area is 138 Å². The van der Waals surface area contributed by atoms with Crippen molar-refractivity contribution in [3.8, 4) is 17.2 Å². The van der Waals surface area contributed by atoms with E-state index in [4.69, 9.17) is 0 Å². The van der Waals surface area contributed by atoms with E-state index in [-0.39, 0.29) is 0 Å². The lowest BCUT2D eigenvalue weighted by Gasteiger charge is -2.03. The maximum atomic E-state index is 9.40. The Kier molecular flexibility index (Phi) is 3.28. The van der Waals surface area contributed by atoms with E-state index >= 15 is 0 Å². The Bertz CT molecular complexity index is 897. The molecule has 0 radical (unpaired) electrons. The van der Waals surface area contributed by atoms with Gasteiger partial charge in [-0.15, -0.1) is 0 Å². The van der Waals surface area contributed by atoms with Crippen LogP contribution in [0.15, 0.2) is 53.1 Å². The molecule has 0 amide bonds. The van der Waals surface area contributed by atoms with Gasteiger partial charge < -0.3 is 4.57 Å². The highest BCUT2D eigenvalue weighted by Gasteiger charge is 2.23. The van der Waals surface area contributed by atoms with Gasteiger partial charge in [0.2, 0.25) is 0 Å². The highest BCUT2D eigenvalue weighted by Crippen LogP contribution is 2.37. The average molecular weight is 351 g/mol. The van der Waals surface area contributed by atoms with Crippen molar-refractivity contribution < 1.29 is 0 Å². The summed E-state index contributed by atoms with van der Waals surface area (Å²) in [5.74, 6) is 0.818. The lowest BCUT2D eigenvalue weighted by atomic mass is 10.00. The molecule has 0 unspecified atom stereocenters. The Morgan fingerprint density at radius 3 is 2.73 bits per heavy atom. The molecular formula is C19H15BrN2. The van der Waals surface area contributed by atoms with Crippen LogP contribution >= 0.6 is 15.9 Å². The standard InChI is InChI=1S/C19H15BrN2/c20-15-7-8-19-17(9-15)18(12-22(19)11-13-5-6-13)16-4-2-1-3-14(16)10-21/h1-4,7-9,12-13H,5-6,11H2. The Balaban J connectivity index is 1.96. The van der Waals surface area contributed by atoms with Crippen LogP contribution < -0.4 is 0 Å². The molecule has 1 aromatic heterocycles. The third kappa shape index (κ3) is 2.34. The first-order chi connectivity index (χ1) is 10.8. The van der Waals surface area contributed by atoms with Crippen LogP contribution in [0.3, 0.4) is 0 Å². The third-order valence-corrected chi connectivity index (χ3v) is 4.83. The minimum absolute atomic E-state index is 0.730. The molecule has 1 aliphatic rings. The number of rotatable bonds is 3.